The summed E-state index contributed by atoms with van der Waals surface area (Å²) >= 11 is 0. The van der Waals surface area contributed by atoms with E-state index >= 15 is 0 Å². The molecule has 0 atom stereocenters. The number of methoxy groups -OCH3 is 2. The highest BCUT2D eigenvalue weighted by Gasteiger charge is 2.24. The molecule has 1 aliphatic heterocycles. The van der Waals surface area contributed by atoms with E-state index in [0.29, 0.717) is 37.6 Å². The molecule has 2 rings (SSSR count). The number of carbonyl (C=O) groups is 2. The number of para-hydroxylation sites is 1. The van der Waals surface area contributed by atoms with Crippen molar-refractivity contribution in [1.82, 2.24) is 10.2 Å². The first-order chi connectivity index (χ1) is 12.7. The van der Waals surface area contributed by atoms with Crippen molar-refractivity contribution in [3.63, 3.8) is 0 Å². The molecule has 1 heterocycles. The van der Waals surface area contributed by atoms with Gasteiger partial charge in [-0.05, 0) is 18.6 Å². The minimum absolute atomic E-state index is 0.00165. The van der Waals surface area contributed by atoms with E-state index in [4.69, 9.17) is 14.2 Å². The lowest BCUT2D eigenvalue weighted by atomic mass is 10.1. The van der Waals surface area contributed by atoms with Crippen LogP contribution in [0.5, 0.6) is 5.75 Å². The Labute approximate surface area is 154 Å². The summed E-state index contributed by atoms with van der Waals surface area (Å²) in [4.78, 5) is 26.0. The summed E-state index contributed by atoms with van der Waals surface area (Å²) in [5.74, 6) is 0.435. The smallest absolute Gasteiger partial charge is 0.255 e. The molecule has 1 aliphatic rings. The molecule has 1 fully saturated rings. The molecular weight excluding hydrogens is 336 g/mol. The van der Waals surface area contributed by atoms with Gasteiger partial charge in [0, 0.05) is 53.3 Å². The van der Waals surface area contributed by atoms with Crippen LogP contribution in [-0.4, -0.2) is 69.9 Å². The largest absolute Gasteiger partial charge is 0.489 e. The van der Waals surface area contributed by atoms with E-state index in [1.807, 2.05) is 18.2 Å². The Bertz CT molecular complexity index is 585. The van der Waals surface area contributed by atoms with Gasteiger partial charge in [-0.2, -0.15) is 0 Å². The molecular formula is C19H28N2O5. The van der Waals surface area contributed by atoms with Crippen molar-refractivity contribution in [1.29, 1.82) is 0 Å². The van der Waals surface area contributed by atoms with Gasteiger partial charge in [-0.15, -0.1) is 0 Å². The number of hydrogen-bond donors (Lipinski definition) is 1. The average Bonchev–Trinajstić information content (AvgIpc) is 2.66. The second-order valence-electron chi connectivity index (χ2n) is 6.23. The van der Waals surface area contributed by atoms with Crippen molar-refractivity contribution in [2.24, 2.45) is 0 Å². The van der Waals surface area contributed by atoms with Crippen molar-refractivity contribution in [3.8, 4) is 5.75 Å². The minimum Gasteiger partial charge on any atom is -0.489 e. The molecule has 0 spiro atoms. The molecule has 7 nitrogen and oxygen atoms in total. The lowest BCUT2D eigenvalue weighted by Gasteiger charge is -2.32. The standard InChI is InChI=1S/C19H28N2O5/c1-24-13-5-10-20-19(23)16-6-3-4-7-17(16)26-15-8-11-21(12-9-15)18(22)14-25-2/h3-4,6-7,15H,5,8-14H2,1-2H3,(H,20,23). The van der Waals surface area contributed by atoms with Crippen LogP contribution in [0.2, 0.25) is 0 Å². The number of nitrogens with zero attached hydrogens (tertiary/aromatic N) is 1. The SMILES string of the molecule is COCCCNC(=O)c1ccccc1OC1CCN(C(=O)COC)CC1. The van der Waals surface area contributed by atoms with Gasteiger partial charge < -0.3 is 24.4 Å². The minimum atomic E-state index is -0.149. The monoisotopic (exact) mass is 364 g/mol. The first-order valence-corrected chi connectivity index (χ1v) is 8.95. The third-order valence-electron chi connectivity index (χ3n) is 4.30. The zero-order chi connectivity index (χ0) is 18.8. The summed E-state index contributed by atoms with van der Waals surface area (Å²) in [5.41, 5.74) is 0.530. The van der Waals surface area contributed by atoms with Crippen LogP contribution < -0.4 is 10.1 Å². The second-order valence-corrected chi connectivity index (χ2v) is 6.23. The summed E-state index contributed by atoms with van der Waals surface area (Å²) in [6.07, 6.45) is 2.22. The first kappa shape index (κ1) is 20.2. The third-order valence-corrected chi connectivity index (χ3v) is 4.30. The van der Waals surface area contributed by atoms with Gasteiger partial charge in [0.25, 0.3) is 5.91 Å². The number of ether oxygens (including phenoxy) is 3. The van der Waals surface area contributed by atoms with Crippen molar-refractivity contribution in [2.75, 3.05) is 47.1 Å². The highest BCUT2D eigenvalue weighted by molar-refractivity contribution is 5.96. The molecule has 1 N–H and O–H groups in total. The van der Waals surface area contributed by atoms with Crippen molar-refractivity contribution >= 4 is 11.8 Å². The van der Waals surface area contributed by atoms with E-state index in [0.717, 1.165) is 19.3 Å². The maximum absolute atomic E-state index is 12.4. The van der Waals surface area contributed by atoms with Gasteiger partial charge in [0.05, 0.1) is 5.56 Å². The fourth-order valence-corrected chi connectivity index (χ4v) is 2.89. The van der Waals surface area contributed by atoms with Crippen LogP contribution in [0.3, 0.4) is 0 Å². The summed E-state index contributed by atoms with van der Waals surface area (Å²) < 4.78 is 15.9. The van der Waals surface area contributed by atoms with Crippen LogP contribution >= 0.6 is 0 Å². The van der Waals surface area contributed by atoms with E-state index in [1.165, 1.54) is 7.11 Å². The number of piperidine rings is 1. The Kier molecular flexibility index (Phi) is 8.37. The van der Waals surface area contributed by atoms with Gasteiger partial charge in [0.1, 0.15) is 18.5 Å². The Morgan fingerprint density at radius 3 is 2.58 bits per heavy atom. The highest BCUT2D eigenvalue weighted by Crippen LogP contribution is 2.23. The predicted octanol–water partition coefficient (Wildman–Crippen LogP) is 1.47. The number of amides is 2. The van der Waals surface area contributed by atoms with Gasteiger partial charge >= 0.3 is 0 Å². The molecule has 144 valence electrons. The predicted molar refractivity (Wildman–Crippen MR) is 97.4 cm³/mol. The summed E-state index contributed by atoms with van der Waals surface area (Å²) in [5, 5.41) is 2.88. The van der Waals surface area contributed by atoms with Gasteiger partial charge in [-0.25, -0.2) is 0 Å². The Morgan fingerprint density at radius 1 is 1.15 bits per heavy atom. The van der Waals surface area contributed by atoms with E-state index in [2.05, 4.69) is 5.32 Å². The van der Waals surface area contributed by atoms with Gasteiger partial charge in [-0.1, -0.05) is 12.1 Å². The molecule has 1 saturated heterocycles. The van der Waals surface area contributed by atoms with Crippen molar-refractivity contribution in [3.05, 3.63) is 29.8 Å². The molecule has 0 bridgehead atoms. The summed E-state index contributed by atoms with van der Waals surface area (Å²) in [6, 6.07) is 7.25. The van der Waals surface area contributed by atoms with Gasteiger partial charge in [0.2, 0.25) is 5.91 Å². The van der Waals surface area contributed by atoms with Crippen LogP contribution in [-0.2, 0) is 14.3 Å². The quantitative estimate of drug-likeness (QED) is 0.672. The molecule has 0 aliphatic carbocycles. The fraction of sp³-hybridized carbons (Fsp3) is 0.579. The number of carbonyl (C=O) groups excluding carboxylic acids is 2. The highest BCUT2D eigenvalue weighted by atomic mass is 16.5. The Hall–Kier alpha value is -2.12. The average molecular weight is 364 g/mol. The Balaban J connectivity index is 1.88. The topological polar surface area (TPSA) is 77.1 Å². The lowest BCUT2D eigenvalue weighted by Crippen LogP contribution is -2.43. The maximum Gasteiger partial charge on any atom is 0.255 e. The number of benzene rings is 1. The van der Waals surface area contributed by atoms with E-state index in [9.17, 15) is 9.59 Å². The fourth-order valence-electron chi connectivity index (χ4n) is 2.89. The molecule has 1 aromatic carbocycles. The van der Waals surface area contributed by atoms with Crippen LogP contribution in [0.4, 0.5) is 0 Å². The van der Waals surface area contributed by atoms with Crippen LogP contribution in [0, 0.1) is 0 Å². The number of nitrogens with one attached hydrogen (secondary N) is 1. The molecule has 0 radical (unpaired) electrons. The molecule has 0 aromatic heterocycles. The van der Waals surface area contributed by atoms with Crippen LogP contribution in [0.25, 0.3) is 0 Å². The Morgan fingerprint density at radius 2 is 1.88 bits per heavy atom. The zero-order valence-electron chi connectivity index (χ0n) is 15.5. The summed E-state index contributed by atoms with van der Waals surface area (Å²) in [7, 11) is 3.16. The molecule has 0 saturated carbocycles. The molecule has 2 amide bonds. The van der Waals surface area contributed by atoms with Crippen LogP contribution in [0.1, 0.15) is 29.6 Å². The number of hydrogen-bond acceptors (Lipinski definition) is 5. The molecule has 26 heavy (non-hydrogen) atoms. The van der Waals surface area contributed by atoms with Gasteiger partial charge in [0.15, 0.2) is 0 Å². The molecule has 7 heteroatoms. The van der Waals surface area contributed by atoms with E-state index in [1.54, 1.807) is 18.1 Å². The number of likely N-dealkylation sites (tertiary alicyclic amines) is 1. The lowest BCUT2D eigenvalue weighted by molar-refractivity contribution is -0.136. The second kappa shape index (κ2) is 10.8. The van der Waals surface area contributed by atoms with Gasteiger partial charge in [-0.3, -0.25) is 9.59 Å². The summed E-state index contributed by atoms with van der Waals surface area (Å²) in [6.45, 7) is 2.55. The third kappa shape index (κ3) is 6.00. The maximum atomic E-state index is 12.4. The normalized spacial score (nSPS) is 14.9. The number of rotatable bonds is 9. The van der Waals surface area contributed by atoms with E-state index in [-0.39, 0.29) is 24.5 Å². The van der Waals surface area contributed by atoms with Crippen molar-refractivity contribution < 1.29 is 23.8 Å². The van der Waals surface area contributed by atoms with Crippen molar-refractivity contribution in [2.45, 2.75) is 25.4 Å². The van der Waals surface area contributed by atoms with E-state index < -0.39 is 0 Å². The molecule has 1 aromatic rings. The van der Waals surface area contributed by atoms with Crippen LogP contribution in [0.15, 0.2) is 24.3 Å². The first-order valence-electron chi connectivity index (χ1n) is 8.95. The molecule has 0 unspecified atom stereocenters. The zero-order valence-corrected chi connectivity index (χ0v) is 15.5.